The molecular formula is C16H17ClN2O. The third kappa shape index (κ3) is 3.58. The zero-order chi connectivity index (χ0) is 14.5. The van der Waals surface area contributed by atoms with Crippen LogP contribution < -0.4 is 0 Å². The minimum absolute atomic E-state index is 0.00324. The van der Waals surface area contributed by atoms with Crippen LogP contribution in [0.5, 0.6) is 0 Å². The molecule has 2 aromatic rings. The Kier molecular flexibility index (Phi) is 4.74. The second-order valence-electron chi connectivity index (χ2n) is 4.77. The molecule has 0 saturated carbocycles. The van der Waals surface area contributed by atoms with Gasteiger partial charge in [0, 0.05) is 24.5 Å². The number of hydrogen-bond acceptors (Lipinski definition) is 2. The fourth-order valence-electron chi connectivity index (χ4n) is 1.96. The van der Waals surface area contributed by atoms with E-state index >= 15 is 0 Å². The summed E-state index contributed by atoms with van der Waals surface area (Å²) >= 11 is 5.84. The molecule has 20 heavy (non-hydrogen) atoms. The average molecular weight is 289 g/mol. The predicted molar refractivity (Wildman–Crippen MR) is 80.6 cm³/mol. The van der Waals surface area contributed by atoms with Gasteiger partial charge >= 0.3 is 0 Å². The zero-order valence-corrected chi connectivity index (χ0v) is 12.3. The van der Waals surface area contributed by atoms with E-state index in [1.807, 2.05) is 38.2 Å². The van der Waals surface area contributed by atoms with E-state index in [4.69, 9.17) is 11.6 Å². The second kappa shape index (κ2) is 6.53. The number of amides is 1. The lowest BCUT2D eigenvalue weighted by molar-refractivity contribution is -0.131. The monoisotopic (exact) mass is 288 g/mol. The summed E-state index contributed by atoms with van der Waals surface area (Å²) in [6.07, 6.45) is 3.89. The zero-order valence-electron chi connectivity index (χ0n) is 11.6. The van der Waals surface area contributed by atoms with E-state index in [9.17, 15) is 4.79 Å². The molecule has 0 fully saturated rings. The van der Waals surface area contributed by atoms with Crippen LogP contribution in [0.4, 0.5) is 0 Å². The Morgan fingerprint density at radius 2 is 2.00 bits per heavy atom. The first kappa shape index (κ1) is 14.5. The molecule has 0 aliphatic carbocycles. The minimum atomic E-state index is 0.00324. The van der Waals surface area contributed by atoms with Crippen molar-refractivity contribution in [2.45, 2.75) is 19.4 Å². The largest absolute Gasteiger partial charge is 0.339 e. The number of benzene rings is 1. The molecule has 4 heteroatoms. The van der Waals surface area contributed by atoms with Crippen LogP contribution in [0.15, 0.2) is 48.8 Å². The van der Waals surface area contributed by atoms with Crippen LogP contribution in [-0.2, 0) is 11.2 Å². The average Bonchev–Trinajstić information content (AvgIpc) is 2.49. The van der Waals surface area contributed by atoms with Gasteiger partial charge in [-0.15, -0.1) is 0 Å². The summed E-state index contributed by atoms with van der Waals surface area (Å²) < 4.78 is 0. The number of carbonyl (C=O) groups is 1. The number of hydrogen-bond donors (Lipinski definition) is 0. The van der Waals surface area contributed by atoms with E-state index in [1.165, 1.54) is 0 Å². The molecule has 0 N–H and O–H groups in total. The fourth-order valence-corrected chi connectivity index (χ4v) is 2.09. The number of aromatic nitrogens is 1. The highest BCUT2D eigenvalue weighted by atomic mass is 35.5. The van der Waals surface area contributed by atoms with Crippen molar-refractivity contribution < 1.29 is 4.79 Å². The van der Waals surface area contributed by atoms with Gasteiger partial charge in [-0.3, -0.25) is 9.78 Å². The molecule has 0 unspecified atom stereocenters. The van der Waals surface area contributed by atoms with E-state index in [1.54, 1.807) is 29.4 Å². The van der Waals surface area contributed by atoms with Gasteiger partial charge in [0.15, 0.2) is 0 Å². The van der Waals surface area contributed by atoms with Gasteiger partial charge in [-0.2, -0.15) is 0 Å². The summed E-state index contributed by atoms with van der Waals surface area (Å²) in [6.45, 7) is 2.00. The molecule has 3 nitrogen and oxygen atoms in total. The lowest BCUT2D eigenvalue weighted by Gasteiger charge is -2.25. The van der Waals surface area contributed by atoms with Crippen LogP contribution >= 0.6 is 11.6 Å². The van der Waals surface area contributed by atoms with Crippen molar-refractivity contribution in [2.24, 2.45) is 0 Å². The van der Waals surface area contributed by atoms with Gasteiger partial charge in [0.25, 0.3) is 0 Å². The maximum Gasteiger partial charge on any atom is 0.227 e. The van der Waals surface area contributed by atoms with Crippen molar-refractivity contribution in [3.63, 3.8) is 0 Å². The molecule has 1 amide bonds. The maximum absolute atomic E-state index is 12.3. The van der Waals surface area contributed by atoms with E-state index in [0.717, 1.165) is 11.1 Å². The number of carbonyl (C=O) groups excluding carboxylic acids is 1. The van der Waals surface area contributed by atoms with Gasteiger partial charge in [0.1, 0.15) is 0 Å². The highest BCUT2D eigenvalue weighted by Crippen LogP contribution is 2.19. The summed E-state index contributed by atoms with van der Waals surface area (Å²) in [5.74, 6) is 0.0728. The predicted octanol–water partition coefficient (Wildman–Crippen LogP) is 3.50. The Hall–Kier alpha value is -1.87. The van der Waals surface area contributed by atoms with Crippen molar-refractivity contribution in [1.82, 2.24) is 9.88 Å². The number of pyridine rings is 1. The number of halogens is 1. The maximum atomic E-state index is 12.3. The van der Waals surface area contributed by atoms with Crippen LogP contribution in [0.25, 0.3) is 0 Å². The van der Waals surface area contributed by atoms with Crippen LogP contribution in [0.3, 0.4) is 0 Å². The van der Waals surface area contributed by atoms with E-state index in [0.29, 0.717) is 11.4 Å². The Morgan fingerprint density at radius 3 is 2.60 bits per heavy atom. The molecule has 0 saturated heterocycles. The van der Waals surface area contributed by atoms with Crippen molar-refractivity contribution in [1.29, 1.82) is 0 Å². The van der Waals surface area contributed by atoms with Crippen molar-refractivity contribution in [2.75, 3.05) is 7.05 Å². The van der Waals surface area contributed by atoms with Gasteiger partial charge in [0.05, 0.1) is 12.5 Å². The van der Waals surface area contributed by atoms with Crippen molar-refractivity contribution in [3.05, 3.63) is 64.9 Å². The topological polar surface area (TPSA) is 33.2 Å². The van der Waals surface area contributed by atoms with Crippen molar-refractivity contribution in [3.8, 4) is 0 Å². The standard InChI is InChI=1S/C16H17ClN2O/c1-12(14-4-3-9-18-11-14)19(2)16(20)10-13-5-7-15(17)8-6-13/h3-9,11-12H,10H2,1-2H3/t12-/m0/s1. The summed E-state index contributed by atoms with van der Waals surface area (Å²) in [5, 5.41) is 0.679. The van der Waals surface area contributed by atoms with Gasteiger partial charge < -0.3 is 4.90 Å². The van der Waals surface area contributed by atoms with Crippen LogP contribution in [0.1, 0.15) is 24.1 Å². The fraction of sp³-hybridized carbons (Fsp3) is 0.250. The number of likely N-dealkylation sites (N-methyl/N-ethyl adjacent to an activating group) is 1. The summed E-state index contributed by atoms with van der Waals surface area (Å²) in [6, 6.07) is 11.2. The van der Waals surface area contributed by atoms with Crippen LogP contribution in [0.2, 0.25) is 5.02 Å². The molecule has 0 aliphatic heterocycles. The van der Waals surface area contributed by atoms with E-state index in [-0.39, 0.29) is 11.9 Å². The smallest absolute Gasteiger partial charge is 0.227 e. The highest BCUT2D eigenvalue weighted by Gasteiger charge is 2.17. The molecule has 0 radical (unpaired) electrons. The molecule has 1 atom stereocenters. The lowest BCUT2D eigenvalue weighted by Crippen LogP contribution is -2.31. The highest BCUT2D eigenvalue weighted by molar-refractivity contribution is 6.30. The molecule has 1 heterocycles. The van der Waals surface area contributed by atoms with Crippen LogP contribution in [-0.4, -0.2) is 22.8 Å². The third-order valence-corrected chi connectivity index (χ3v) is 3.66. The second-order valence-corrected chi connectivity index (χ2v) is 5.21. The van der Waals surface area contributed by atoms with Gasteiger partial charge in [-0.1, -0.05) is 29.8 Å². The number of rotatable bonds is 4. The van der Waals surface area contributed by atoms with Crippen LogP contribution in [0, 0.1) is 0 Å². The first-order chi connectivity index (χ1) is 9.58. The lowest BCUT2D eigenvalue weighted by atomic mass is 10.1. The molecule has 2 rings (SSSR count). The first-order valence-electron chi connectivity index (χ1n) is 6.48. The summed E-state index contributed by atoms with van der Waals surface area (Å²) in [4.78, 5) is 18.1. The Bertz CT molecular complexity index is 569. The van der Waals surface area contributed by atoms with E-state index in [2.05, 4.69) is 4.98 Å². The SMILES string of the molecule is C[C@@H](c1cccnc1)N(C)C(=O)Cc1ccc(Cl)cc1. The molecule has 104 valence electrons. The minimum Gasteiger partial charge on any atom is -0.339 e. The van der Waals surface area contributed by atoms with Gasteiger partial charge in [0.2, 0.25) is 5.91 Å². The molecule has 1 aromatic heterocycles. The van der Waals surface area contributed by atoms with Gasteiger partial charge in [-0.05, 0) is 36.2 Å². The Morgan fingerprint density at radius 1 is 1.30 bits per heavy atom. The van der Waals surface area contributed by atoms with Crippen molar-refractivity contribution >= 4 is 17.5 Å². The molecule has 0 aliphatic rings. The normalized spacial score (nSPS) is 11.9. The number of nitrogens with zero attached hydrogens (tertiary/aromatic N) is 2. The summed E-state index contributed by atoms with van der Waals surface area (Å²) in [7, 11) is 1.82. The molecule has 1 aromatic carbocycles. The summed E-state index contributed by atoms with van der Waals surface area (Å²) in [5.41, 5.74) is 1.99. The first-order valence-corrected chi connectivity index (χ1v) is 6.86. The molecule has 0 bridgehead atoms. The molecule has 0 spiro atoms. The van der Waals surface area contributed by atoms with Gasteiger partial charge in [-0.25, -0.2) is 0 Å². The Balaban J connectivity index is 2.03. The Labute approximate surface area is 124 Å². The third-order valence-electron chi connectivity index (χ3n) is 3.41. The quantitative estimate of drug-likeness (QED) is 0.863. The molecular weight excluding hydrogens is 272 g/mol. The van der Waals surface area contributed by atoms with E-state index < -0.39 is 0 Å².